The van der Waals surface area contributed by atoms with Crippen LogP contribution in [0.2, 0.25) is 0 Å². The molecule has 2 aromatic rings. The molecule has 5 heteroatoms. The van der Waals surface area contributed by atoms with Gasteiger partial charge in [-0.05, 0) is 43.2 Å². The first-order valence-corrected chi connectivity index (χ1v) is 5.86. The molecule has 98 valence electrons. The lowest BCUT2D eigenvalue weighted by Gasteiger charge is -2.11. The van der Waals surface area contributed by atoms with E-state index in [4.69, 9.17) is 5.73 Å². The summed E-state index contributed by atoms with van der Waals surface area (Å²) in [6.45, 7) is 3.97. The fourth-order valence-corrected chi connectivity index (χ4v) is 1.84. The molecule has 0 aliphatic rings. The van der Waals surface area contributed by atoms with Crippen LogP contribution in [0.4, 0.5) is 22.7 Å². The van der Waals surface area contributed by atoms with Crippen LogP contribution in [0, 0.1) is 24.0 Å². The highest BCUT2D eigenvalue weighted by Gasteiger charge is 2.14. The van der Waals surface area contributed by atoms with Gasteiger partial charge in [0.15, 0.2) is 0 Å². The Kier molecular flexibility index (Phi) is 3.37. The van der Waals surface area contributed by atoms with Gasteiger partial charge < -0.3 is 11.1 Å². The molecule has 0 unspecified atom stereocenters. The van der Waals surface area contributed by atoms with Crippen molar-refractivity contribution in [3.05, 3.63) is 57.6 Å². The van der Waals surface area contributed by atoms with Gasteiger partial charge in [-0.2, -0.15) is 0 Å². The van der Waals surface area contributed by atoms with Crippen LogP contribution in [0.1, 0.15) is 11.1 Å². The van der Waals surface area contributed by atoms with E-state index >= 15 is 0 Å². The maximum absolute atomic E-state index is 11.0. The van der Waals surface area contributed by atoms with Crippen molar-refractivity contribution in [1.29, 1.82) is 0 Å². The maximum atomic E-state index is 11.0. The third-order valence-corrected chi connectivity index (χ3v) is 3.09. The van der Waals surface area contributed by atoms with Gasteiger partial charge in [-0.3, -0.25) is 10.1 Å². The van der Waals surface area contributed by atoms with Crippen molar-refractivity contribution in [2.24, 2.45) is 0 Å². The van der Waals surface area contributed by atoms with Crippen LogP contribution in [0.25, 0.3) is 0 Å². The number of hydrogen-bond acceptors (Lipinski definition) is 4. The number of nitro benzene ring substituents is 1. The molecule has 2 rings (SSSR count). The highest BCUT2D eigenvalue weighted by Crippen LogP contribution is 2.31. The molecule has 0 saturated heterocycles. The van der Waals surface area contributed by atoms with Crippen molar-refractivity contribution in [2.75, 3.05) is 11.1 Å². The zero-order valence-corrected chi connectivity index (χ0v) is 10.8. The fourth-order valence-electron chi connectivity index (χ4n) is 1.84. The number of benzene rings is 2. The van der Waals surface area contributed by atoms with Crippen LogP contribution < -0.4 is 11.1 Å². The molecule has 0 saturated carbocycles. The molecular formula is C14H15N3O2. The summed E-state index contributed by atoms with van der Waals surface area (Å²) in [7, 11) is 0. The quantitative estimate of drug-likeness (QED) is 0.500. The van der Waals surface area contributed by atoms with E-state index in [2.05, 4.69) is 5.32 Å². The average Bonchev–Trinajstić information content (AvgIpc) is 2.36. The summed E-state index contributed by atoms with van der Waals surface area (Å²) in [5, 5.41) is 14.1. The molecule has 0 fully saturated rings. The monoisotopic (exact) mass is 257 g/mol. The number of aryl methyl sites for hydroxylation is 1. The summed E-state index contributed by atoms with van der Waals surface area (Å²) < 4.78 is 0. The van der Waals surface area contributed by atoms with Gasteiger partial charge in [-0.1, -0.05) is 12.1 Å². The van der Waals surface area contributed by atoms with Crippen LogP contribution in [0.15, 0.2) is 36.4 Å². The molecule has 0 aliphatic carbocycles. The van der Waals surface area contributed by atoms with Gasteiger partial charge in [0.1, 0.15) is 5.69 Å². The van der Waals surface area contributed by atoms with E-state index in [-0.39, 0.29) is 5.69 Å². The molecular weight excluding hydrogens is 242 g/mol. The minimum Gasteiger partial charge on any atom is -0.399 e. The zero-order valence-electron chi connectivity index (χ0n) is 10.8. The van der Waals surface area contributed by atoms with Gasteiger partial charge in [-0.15, -0.1) is 0 Å². The van der Waals surface area contributed by atoms with Crippen molar-refractivity contribution in [3.63, 3.8) is 0 Å². The number of nitrogens with one attached hydrogen (secondary N) is 1. The molecule has 0 aliphatic heterocycles. The number of nitro groups is 1. The van der Waals surface area contributed by atoms with E-state index < -0.39 is 4.92 Å². The Morgan fingerprint density at radius 1 is 1.16 bits per heavy atom. The lowest BCUT2D eigenvalue weighted by atomic mass is 10.1. The van der Waals surface area contributed by atoms with E-state index in [0.717, 1.165) is 16.8 Å². The number of nitrogens with zero attached hydrogens (tertiary/aromatic N) is 1. The standard InChI is InChI=1S/C14H15N3O2/c1-9-4-3-5-12(10(9)2)16-13-7-6-11(15)8-14(13)17(18)19/h3-8,16H,15H2,1-2H3. The predicted octanol–water partition coefficient (Wildman–Crippen LogP) is 3.54. The molecule has 0 spiro atoms. The second-order valence-corrected chi connectivity index (χ2v) is 4.41. The zero-order chi connectivity index (χ0) is 14.0. The molecule has 0 amide bonds. The minimum atomic E-state index is -0.441. The highest BCUT2D eigenvalue weighted by atomic mass is 16.6. The van der Waals surface area contributed by atoms with E-state index in [9.17, 15) is 10.1 Å². The second-order valence-electron chi connectivity index (χ2n) is 4.41. The van der Waals surface area contributed by atoms with Crippen molar-refractivity contribution >= 4 is 22.7 Å². The Morgan fingerprint density at radius 3 is 2.58 bits per heavy atom. The molecule has 2 aromatic carbocycles. The molecule has 19 heavy (non-hydrogen) atoms. The van der Waals surface area contributed by atoms with Gasteiger partial charge >= 0.3 is 0 Å². The smallest absolute Gasteiger partial charge is 0.294 e. The van der Waals surface area contributed by atoms with Crippen molar-refractivity contribution in [2.45, 2.75) is 13.8 Å². The van der Waals surface area contributed by atoms with Crippen molar-refractivity contribution in [1.82, 2.24) is 0 Å². The van der Waals surface area contributed by atoms with E-state index in [0.29, 0.717) is 11.4 Å². The summed E-state index contributed by atoms with van der Waals surface area (Å²) in [6, 6.07) is 10.4. The van der Waals surface area contributed by atoms with Crippen LogP contribution in [0.3, 0.4) is 0 Å². The molecule has 0 bridgehead atoms. The predicted molar refractivity (Wildman–Crippen MR) is 76.7 cm³/mol. The number of hydrogen-bond donors (Lipinski definition) is 2. The topological polar surface area (TPSA) is 81.2 Å². The molecule has 0 heterocycles. The highest BCUT2D eigenvalue weighted by molar-refractivity contribution is 5.74. The van der Waals surface area contributed by atoms with Crippen LogP contribution in [-0.4, -0.2) is 4.92 Å². The Balaban J connectivity index is 2.44. The van der Waals surface area contributed by atoms with Gasteiger partial charge in [0, 0.05) is 17.4 Å². The third-order valence-electron chi connectivity index (χ3n) is 3.09. The number of nitrogen functional groups attached to an aromatic ring is 1. The first-order chi connectivity index (χ1) is 8.99. The lowest BCUT2D eigenvalue weighted by molar-refractivity contribution is -0.383. The number of rotatable bonds is 3. The first kappa shape index (κ1) is 12.9. The molecule has 0 radical (unpaired) electrons. The summed E-state index contributed by atoms with van der Waals surface area (Å²) in [4.78, 5) is 10.6. The van der Waals surface area contributed by atoms with E-state index in [1.165, 1.54) is 6.07 Å². The minimum absolute atomic E-state index is 0.0269. The normalized spacial score (nSPS) is 10.2. The summed E-state index contributed by atoms with van der Waals surface area (Å²) in [5.41, 5.74) is 9.41. The van der Waals surface area contributed by atoms with Gasteiger partial charge in [0.25, 0.3) is 5.69 Å². The SMILES string of the molecule is Cc1cccc(Nc2ccc(N)cc2[N+](=O)[O-])c1C. The van der Waals surface area contributed by atoms with E-state index in [1.807, 2.05) is 32.0 Å². The molecule has 3 N–H and O–H groups in total. The van der Waals surface area contributed by atoms with Gasteiger partial charge in [0.2, 0.25) is 0 Å². The van der Waals surface area contributed by atoms with Crippen molar-refractivity contribution in [3.8, 4) is 0 Å². The third kappa shape index (κ3) is 2.65. The largest absolute Gasteiger partial charge is 0.399 e. The summed E-state index contributed by atoms with van der Waals surface area (Å²) in [5.74, 6) is 0. The Hall–Kier alpha value is -2.56. The Morgan fingerprint density at radius 2 is 1.89 bits per heavy atom. The summed E-state index contributed by atoms with van der Waals surface area (Å²) in [6.07, 6.45) is 0. The Labute approximate surface area is 111 Å². The summed E-state index contributed by atoms with van der Waals surface area (Å²) >= 11 is 0. The maximum Gasteiger partial charge on any atom is 0.294 e. The van der Waals surface area contributed by atoms with Crippen molar-refractivity contribution < 1.29 is 4.92 Å². The molecule has 0 aromatic heterocycles. The lowest BCUT2D eigenvalue weighted by Crippen LogP contribution is -2.00. The van der Waals surface area contributed by atoms with Crippen LogP contribution in [-0.2, 0) is 0 Å². The van der Waals surface area contributed by atoms with Gasteiger partial charge in [-0.25, -0.2) is 0 Å². The number of nitrogens with two attached hydrogens (primary N) is 1. The fraction of sp³-hybridized carbons (Fsp3) is 0.143. The molecule has 5 nitrogen and oxygen atoms in total. The van der Waals surface area contributed by atoms with Crippen LogP contribution >= 0.6 is 0 Å². The first-order valence-electron chi connectivity index (χ1n) is 5.86. The van der Waals surface area contributed by atoms with E-state index in [1.54, 1.807) is 12.1 Å². The van der Waals surface area contributed by atoms with Gasteiger partial charge in [0.05, 0.1) is 4.92 Å². The van der Waals surface area contributed by atoms with Crippen LogP contribution in [0.5, 0.6) is 0 Å². The average molecular weight is 257 g/mol. The second kappa shape index (κ2) is 4.97. The molecule has 0 atom stereocenters. The Bertz CT molecular complexity index is 639. The number of anilines is 3.